The molecule has 1 fully saturated rings. The number of fused-ring (bicyclic) bond motifs is 1. The first-order valence-electron chi connectivity index (χ1n) is 7.06. The highest BCUT2D eigenvalue weighted by molar-refractivity contribution is 5.37. The molecule has 0 radical (unpaired) electrons. The zero-order valence-corrected chi connectivity index (χ0v) is 10.8. The van der Waals surface area contributed by atoms with Gasteiger partial charge in [0, 0.05) is 30.1 Å². The van der Waals surface area contributed by atoms with Gasteiger partial charge < -0.3 is 15.8 Å². The standard InChI is InChI=1S/C15H22N2O/c16-11-4-3-5-12(10-11)17-14-8-9-18-15-7-2-1-6-13(14)15/h1-2,6-7,11-12,14,17H,3-5,8-10,16H2. The summed E-state index contributed by atoms with van der Waals surface area (Å²) in [5, 5.41) is 3.78. The Hall–Kier alpha value is -1.06. The zero-order valence-electron chi connectivity index (χ0n) is 10.8. The van der Waals surface area contributed by atoms with Gasteiger partial charge in [0.15, 0.2) is 0 Å². The highest BCUT2D eigenvalue weighted by Crippen LogP contribution is 2.33. The molecule has 1 aliphatic heterocycles. The smallest absolute Gasteiger partial charge is 0.124 e. The van der Waals surface area contributed by atoms with Crippen LogP contribution in [0.4, 0.5) is 0 Å². The van der Waals surface area contributed by atoms with Gasteiger partial charge in [0.25, 0.3) is 0 Å². The largest absolute Gasteiger partial charge is 0.493 e. The van der Waals surface area contributed by atoms with E-state index in [0.29, 0.717) is 18.1 Å². The minimum atomic E-state index is 0.381. The van der Waals surface area contributed by atoms with Crippen molar-refractivity contribution in [2.45, 2.75) is 50.2 Å². The molecule has 98 valence electrons. The summed E-state index contributed by atoms with van der Waals surface area (Å²) in [4.78, 5) is 0. The fourth-order valence-corrected chi connectivity index (χ4v) is 3.18. The van der Waals surface area contributed by atoms with E-state index in [-0.39, 0.29) is 0 Å². The molecule has 18 heavy (non-hydrogen) atoms. The molecule has 0 aromatic heterocycles. The molecule has 0 saturated heterocycles. The SMILES string of the molecule is NC1CCCC(NC2CCOc3ccccc32)C1. The zero-order chi connectivity index (χ0) is 12.4. The van der Waals surface area contributed by atoms with Gasteiger partial charge in [0.05, 0.1) is 6.61 Å². The summed E-state index contributed by atoms with van der Waals surface area (Å²) < 4.78 is 5.70. The van der Waals surface area contributed by atoms with Gasteiger partial charge in [-0.25, -0.2) is 0 Å². The number of nitrogens with one attached hydrogen (secondary N) is 1. The quantitative estimate of drug-likeness (QED) is 0.842. The van der Waals surface area contributed by atoms with Gasteiger partial charge in [0.2, 0.25) is 0 Å². The lowest BCUT2D eigenvalue weighted by molar-refractivity contribution is 0.228. The number of rotatable bonds is 2. The van der Waals surface area contributed by atoms with E-state index in [9.17, 15) is 0 Å². The lowest BCUT2D eigenvalue weighted by Gasteiger charge is -2.34. The van der Waals surface area contributed by atoms with Gasteiger partial charge in [-0.2, -0.15) is 0 Å². The van der Waals surface area contributed by atoms with E-state index in [2.05, 4.69) is 23.5 Å². The first-order chi connectivity index (χ1) is 8.83. The fourth-order valence-electron chi connectivity index (χ4n) is 3.18. The van der Waals surface area contributed by atoms with Crippen LogP contribution in [0, 0.1) is 0 Å². The van der Waals surface area contributed by atoms with E-state index in [1.54, 1.807) is 0 Å². The van der Waals surface area contributed by atoms with Crippen molar-refractivity contribution in [3.05, 3.63) is 29.8 Å². The van der Waals surface area contributed by atoms with Gasteiger partial charge in [-0.05, 0) is 25.3 Å². The van der Waals surface area contributed by atoms with Crippen LogP contribution in [-0.2, 0) is 0 Å². The van der Waals surface area contributed by atoms with Crippen molar-refractivity contribution in [3.8, 4) is 5.75 Å². The molecule has 2 aliphatic rings. The summed E-state index contributed by atoms with van der Waals surface area (Å²) >= 11 is 0. The van der Waals surface area contributed by atoms with Crippen molar-refractivity contribution in [3.63, 3.8) is 0 Å². The summed E-state index contributed by atoms with van der Waals surface area (Å²) in [7, 11) is 0. The van der Waals surface area contributed by atoms with E-state index in [1.807, 2.05) is 6.07 Å². The molecule has 1 aromatic rings. The molecule has 3 atom stereocenters. The van der Waals surface area contributed by atoms with Gasteiger partial charge in [-0.15, -0.1) is 0 Å². The number of hydrogen-bond donors (Lipinski definition) is 2. The minimum absolute atomic E-state index is 0.381. The number of hydrogen-bond acceptors (Lipinski definition) is 3. The minimum Gasteiger partial charge on any atom is -0.493 e. The van der Waals surface area contributed by atoms with Crippen molar-refractivity contribution >= 4 is 0 Å². The topological polar surface area (TPSA) is 47.3 Å². The predicted molar refractivity (Wildman–Crippen MR) is 72.7 cm³/mol. The Morgan fingerprint density at radius 2 is 2.06 bits per heavy atom. The Bertz CT molecular complexity index is 407. The average Bonchev–Trinajstić information content (AvgIpc) is 2.39. The maximum atomic E-state index is 6.06. The molecule has 0 amide bonds. The van der Waals surface area contributed by atoms with Crippen molar-refractivity contribution in [2.24, 2.45) is 5.73 Å². The summed E-state index contributed by atoms with van der Waals surface area (Å²) in [6, 6.07) is 9.76. The van der Waals surface area contributed by atoms with Crippen molar-refractivity contribution in [1.29, 1.82) is 0 Å². The molecule has 3 unspecified atom stereocenters. The third-order valence-electron chi connectivity index (χ3n) is 4.11. The first-order valence-corrected chi connectivity index (χ1v) is 7.06. The second-order valence-corrected chi connectivity index (χ2v) is 5.52. The summed E-state index contributed by atoms with van der Waals surface area (Å²) in [6.45, 7) is 0.813. The molecule has 3 N–H and O–H groups in total. The van der Waals surface area contributed by atoms with Crippen LogP contribution in [0.3, 0.4) is 0 Å². The van der Waals surface area contributed by atoms with E-state index < -0.39 is 0 Å². The molecule has 1 aromatic carbocycles. The average molecular weight is 246 g/mol. The predicted octanol–water partition coefficient (Wildman–Crippen LogP) is 2.37. The number of benzene rings is 1. The van der Waals surface area contributed by atoms with E-state index >= 15 is 0 Å². The lowest BCUT2D eigenvalue weighted by Crippen LogP contribution is -2.42. The Morgan fingerprint density at radius 3 is 2.94 bits per heavy atom. The van der Waals surface area contributed by atoms with Crippen LogP contribution in [0.25, 0.3) is 0 Å². The van der Waals surface area contributed by atoms with Gasteiger partial charge >= 0.3 is 0 Å². The third-order valence-corrected chi connectivity index (χ3v) is 4.11. The van der Waals surface area contributed by atoms with Gasteiger partial charge in [0.1, 0.15) is 5.75 Å². The second kappa shape index (κ2) is 5.29. The van der Waals surface area contributed by atoms with Crippen LogP contribution >= 0.6 is 0 Å². The van der Waals surface area contributed by atoms with Crippen LogP contribution in [0.2, 0.25) is 0 Å². The third kappa shape index (κ3) is 2.52. The first kappa shape index (κ1) is 12.0. The Morgan fingerprint density at radius 1 is 1.17 bits per heavy atom. The van der Waals surface area contributed by atoms with Crippen LogP contribution < -0.4 is 15.8 Å². The van der Waals surface area contributed by atoms with E-state index in [0.717, 1.165) is 25.2 Å². The van der Waals surface area contributed by atoms with Crippen LogP contribution in [0.1, 0.15) is 43.7 Å². The summed E-state index contributed by atoms with van der Waals surface area (Å²) in [5.74, 6) is 1.04. The molecule has 1 saturated carbocycles. The molecule has 0 bridgehead atoms. The second-order valence-electron chi connectivity index (χ2n) is 5.52. The Labute approximate surface area is 109 Å². The van der Waals surface area contributed by atoms with Crippen molar-refractivity contribution in [1.82, 2.24) is 5.32 Å². The molecule has 0 spiro atoms. The summed E-state index contributed by atoms with van der Waals surface area (Å²) in [5.41, 5.74) is 7.37. The van der Waals surface area contributed by atoms with E-state index in [4.69, 9.17) is 10.5 Å². The molecule has 3 heteroatoms. The van der Waals surface area contributed by atoms with Crippen molar-refractivity contribution in [2.75, 3.05) is 6.61 Å². The highest BCUT2D eigenvalue weighted by atomic mass is 16.5. The molecular weight excluding hydrogens is 224 g/mol. The van der Waals surface area contributed by atoms with Crippen LogP contribution in [0.5, 0.6) is 5.75 Å². The lowest BCUT2D eigenvalue weighted by atomic mass is 9.90. The number of nitrogens with two attached hydrogens (primary N) is 1. The summed E-state index contributed by atoms with van der Waals surface area (Å²) in [6.07, 6.45) is 5.86. The molecular formula is C15H22N2O. The Balaban J connectivity index is 1.70. The van der Waals surface area contributed by atoms with Gasteiger partial charge in [-0.1, -0.05) is 24.6 Å². The maximum absolute atomic E-state index is 6.06. The van der Waals surface area contributed by atoms with Crippen LogP contribution in [0.15, 0.2) is 24.3 Å². The normalized spacial score (nSPS) is 31.5. The molecule has 3 nitrogen and oxygen atoms in total. The molecule has 3 rings (SSSR count). The number of para-hydroxylation sites is 1. The monoisotopic (exact) mass is 246 g/mol. The van der Waals surface area contributed by atoms with Crippen molar-refractivity contribution < 1.29 is 4.74 Å². The highest BCUT2D eigenvalue weighted by Gasteiger charge is 2.26. The van der Waals surface area contributed by atoms with E-state index in [1.165, 1.54) is 24.8 Å². The number of ether oxygens (including phenoxy) is 1. The van der Waals surface area contributed by atoms with Gasteiger partial charge in [-0.3, -0.25) is 0 Å². The van der Waals surface area contributed by atoms with Crippen LogP contribution in [-0.4, -0.2) is 18.7 Å². The fraction of sp³-hybridized carbons (Fsp3) is 0.600. The molecule has 1 heterocycles. The maximum Gasteiger partial charge on any atom is 0.124 e. The molecule has 1 aliphatic carbocycles. The Kier molecular flexibility index (Phi) is 3.52.